The first-order chi connectivity index (χ1) is 9.83. The number of nitrogens with zero attached hydrogens (tertiary/aromatic N) is 4. The highest BCUT2D eigenvalue weighted by atomic mass is 15.4. The largest absolute Gasteiger partial charge is 0.229 e. The van der Waals surface area contributed by atoms with E-state index in [1.165, 1.54) is 10.9 Å². The molecule has 0 amide bonds. The molecule has 20 heavy (non-hydrogen) atoms. The van der Waals surface area contributed by atoms with Crippen LogP contribution in [0, 0.1) is 6.92 Å². The van der Waals surface area contributed by atoms with Crippen molar-refractivity contribution in [3.8, 4) is 5.82 Å². The number of pyridine rings is 1. The van der Waals surface area contributed by atoms with E-state index in [2.05, 4.69) is 34.4 Å². The summed E-state index contributed by atoms with van der Waals surface area (Å²) in [5.41, 5.74) is 4.04. The van der Waals surface area contributed by atoms with E-state index in [-0.39, 0.29) is 0 Å². The molecule has 2 aromatic carbocycles. The van der Waals surface area contributed by atoms with Crippen LogP contribution in [0.3, 0.4) is 0 Å². The molecule has 0 atom stereocenters. The van der Waals surface area contributed by atoms with Crippen molar-refractivity contribution in [1.29, 1.82) is 0 Å². The zero-order chi connectivity index (χ0) is 13.5. The molecule has 4 nitrogen and oxygen atoms in total. The molecule has 0 unspecified atom stereocenters. The molecule has 0 aliphatic carbocycles. The van der Waals surface area contributed by atoms with Gasteiger partial charge in [0.05, 0.1) is 11.0 Å². The van der Waals surface area contributed by atoms with E-state index < -0.39 is 0 Å². The van der Waals surface area contributed by atoms with Crippen LogP contribution in [-0.2, 0) is 0 Å². The number of rotatable bonds is 1. The fourth-order valence-corrected chi connectivity index (χ4v) is 2.45. The molecule has 0 N–H and O–H groups in total. The molecule has 0 aliphatic heterocycles. The third-order valence-corrected chi connectivity index (χ3v) is 3.50. The van der Waals surface area contributed by atoms with Gasteiger partial charge in [-0.15, -0.1) is 5.10 Å². The summed E-state index contributed by atoms with van der Waals surface area (Å²) in [6, 6.07) is 18.1. The van der Waals surface area contributed by atoms with Crippen molar-refractivity contribution >= 4 is 21.9 Å². The van der Waals surface area contributed by atoms with E-state index in [0.29, 0.717) is 0 Å². The van der Waals surface area contributed by atoms with Crippen molar-refractivity contribution in [2.45, 2.75) is 6.92 Å². The molecule has 0 saturated carbocycles. The Morgan fingerprint density at radius 3 is 2.65 bits per heavy atom. The minimum Gasteiger partial charge on any atom is -0.229 e. The molecule has 2 aromatic heterocycles. The summed E-state index contributed by atoms with van der Waals surface area (Å²) in [6.45, 7) is 2.09. The number of fused-ring (bicyclic) bond motifs is 2. The summed E-state index contributed by atoms with van der Waals surface area (Å²) in [5.74, 6) is 0.789. The summed E-state index contributed by atoms with van der Waals surface area (Å²) in [7, 11) is 0. The van der Waals surface area contributed by atoms with Gasteiger partial charge in [0.15, 0.2) is 5.82 Å². The average Bonchev–Trinajstić information content (AvgIpc) is 2.91. The Morgan fingerprint density at radius 2 is 1.70 bits per heavy atom. The van der Waals surface area contributed by atoms with Crippen molar-refractivity contribution < 1.29 is 0 Å². The quantitative estimate of drug-likeness (QED) is 0.527. The number of aryl methyl sites for hydroxylation is 1. The van der Waals surface area contributed by atoms with Gasteiger partial charge in [0.1, 0.15) is 5.52 Å². The van der Waals surface area contributed by atoms with Crippen LogP contribution in [0.2, 0.25) is 0 Å². The summed E-state index contributed by atoms with van der Waals surface area (Å²) in [4.78, 5) is 4.69. The predicted octanol–water partition coefficient (Wildman–Crippen LogP) is 3.28. The number of hydrogen-bond acceptors (Lipinski definition) is 3. The van der Waals surface area contributed by atoms with Crippen molar-refractivity contribution in [1.82, 2.24) is 20.0 Å². The second kappa shape index (κ2) is 4.13. The van der Waals surface area contributed by atoms with Crippen LogP contribution < -0.4 is 0 Å². The van der Waals surface area contributed by atoms with Crippen molar-refractivity contribution in [3.63, 3.8) is 0 Å². The van der Waals surface area contributed by atoms with Gasteiger partial charge < -0.3 is 0 Å². The Bertz CT molecular complexity index is 924. The number of para-hydroxylation sites is 1. The van der Waals surface area contributed by atoms with Crippen molar-refractivity contribution in [2.24, 2.45) is 0 Å². The summed E-state index contributed by atoms with van der Waals surface area (Å²) in [6.07, 6.45) is 0. The minimum atomic E-state index is 0.789. The highest BCUT2D eigenvalue weighted by molar-refractivity contribution is 5.83. The van der Waals surface area contributed by atoms with Gasteiger partial charge in [0.25, 0.3) is 0 Å². The summed E-state index contributed by atoms with van der Waals surface area (Å²) < 4.78 is 1.77. The van der Waals surface area contributed by atoms with E-state index in [1.807, 2.05) is 42.5 Å². The standard InChI is InChI=1S/C16H12N4/c1-11-5-4-7-13-12(11)9-10-16(17-13)20-15-8-3-2-6-14(15)18-19-20/h2-10H,1H3. The molecule has 0 saturated heterocycles. The number of hydrogen-bond donors (Lipinski definition) is 0. The van der Waals surface area contributed by atoms with Crippen LogP contribution in [0.25, 0.3) is 27.8 Å². The van der Waals surface area contributed by atoms with Gasteiger partial charge in [0.2, 0.25) is 0 Å². The lowest BCUT2D eigenvalue weighted by Crippen LogP contribution is -2.00. The maximum absolute atomic E-state index is 4.69. The van der Waals surface area contributed by atoms with Gasteiger partial charge in [-0.25, -0.2) is 4.98 Å². The van der Waals surface area contributed by atoms with Gasteiger partial charge in [-0.2, -0.15) is 4.68 Å². The molecule has 0 bridgehead atoms. The molecular formula is C16H12N4. The second-order valence-corrected chi connectivity index (χ2v) is 4.80. The van der Waals surface area contributed by atoms with E-state index in [9.17, 15) is 0 Å². The zero-order valence-electron chi connectivity index (χ0n) is 11.0. The molecule has 4 aromatic rings. The first-order valence-corrected chi connectivity index (χ1v) is 6.50. The Kier molecular flexibility index (Phi) is 2.29. The predicted molar refractivity (Wildman–Crippen MR) is 78.9 cm³/mol. The summed E-state index contributed by atoms with van der Waals surface area (Å²) >= 11 is 0. The van der Waals surface area contributed by atoms with E-state index in [0.717, 1.165) is 22.4 Å². The lowest BCUT2D eigenvalue weighted by molar-refractivity contribution is 0.805. The molecular weight excluding hydrogens is 248 g/mol. The van der Waals surface area contributed by atoms with Crippen LogP contribution in [0.1, 0.15) is 5.56 Å². The van der Waals surface area contributed by atoms with Crippen LogP contribution in [0.4, 0.5) is 0 Å². The Morgan fingerprint density at radius 1 is 0.850 bits per heavy atom. The lowest BCUT2D eigenvalue weighted by atomic mass is 10.1. The molecule has 0 fully saturated rings. The van der Waals surface area contributed by atoms with Crippen LogP contribution in [0.15, 0.2) is 54.6 Å². The van der Waals surface area contributed by atoms with E-state index >= 15 is 0 Å². The Labute approximate surface area is 115 Å². The minimum absolute atomic E-state index is 0.789. The average molecular weight is 260 g/mol. The van der Waals surface area contributed by atoms with Crippen LogP contribution in [-0.4, -0.2) is 20.0 Å². The van der Waals surface area contributed by atoms with Gasteiger partial charge in [-0.05, 0) is 42.8 Å². The molecule has 4 heteroatoms. The van der Waals surface area contributed by atoms with E-state index in [4.69, 9.17) is 0 Å². The third kappa shape index (κ3) is 1.58. The Balaban J connectivity index is 1.98. The molecule has 2 heterocycles. The zero-order valence-corrected chi connectivity index (χ0v) is 11.0. The SMILES string of the molecule is Cc1cccc2nc(-n3nnc4ccccc43)ccc12. The fraction of sp³-hybridized carbons (Fsp3) is 0.0625. The molecule has 96 valence electrons. The lowest BCUT2D eigenvalue weighted by Gasteiger charge is -2.05. The maximum Gasteiger partial charge on any atom is 0.156 e. The third-order valence-electron chi connectivity index (χ3n) is 3.50. The number of aromatic nitrogens is 4. The Hall–Kier alpha value is -2.75. The van der Waals surface area contributed by atoms with Gasteiger partial charge in [-0.3, -0.25) is 0 Å². The smallest absolute Gasteiger partial charge is 0.156 e. The molecule has 4 rings (SSSR count). The molecule has 0 radical (unpaired) electrons. The number of benzene rings is 2. The monoisotopic (exact) mass is 260 g/mol. The highest BCUT2D eigenvalue weighted by Crippen LogP contribution is 2.20. The maximum atomic E-state index is 4.69. The topological polar surface area (TPSA) is 43.6 Å². The normalized spacial score (nSPS) is 11.2. The van der Waals surface area contributed by atoms with Crippen molar-refractivity contribution in [3.05, 3.63) is 60.2 Å². The van der Waals surface area contributed by atoms with E-state index in [1.54, 1.807) is 4.68 Å². The highest BCUT2D eigenvalue weighted by Gasteiger charge is 2.07. The van der Waals surface area contributed by atoms with Crippen LogP contribution in [0.5, 0.6) is 0 Å². The molecule has 0 spiro atoms. The van der Waals surface area contributed by atoms with Gasteiger partial charge in [-0.1, -0.05) is 29.5 Å². The summed E-state index contributed by atoms with van der Waals surface area (Å²) in [5, 5.41) is 9.53. The molecule has 0 aliphatic rings. The first-order valence-electron chi connectivity index (χ1n) is 6.50. The van der Waals surface area contributed by atoms with Crippen LogP contribution >= 0.6 is 0 Å². The first kappa shape index (κ1) is 11.1. The fourth-order valence-electron chi connectivity index (χ4n) is 2.45. The second-order valence-electron chi connectivity index (χ2n) is 4.80. The van der Waals surface area contributed by atoms with Gasteiger partial charge >= 0.3 is 0 Å². The van der Waals surface area contributed by atoms with Crippen molar-refractivity contribution in [2.75, 3.05) is 0 Å². The van der Waals surface area contributed by atoms with Gasteiger partial charge in [0, 0.05) is 5.39 Å².